The van der Waals surface area contributed by atoms with Crippen molar-refractivity contribution < 1.29 is 40.6 Å². The van der Waals surface area contributed by atoms with Gasteiger partial charge >= 0.3 is 18.4 Å². The van der Waals surface area contributed by atoms with Crippen LogP contribution in [0, 0.1) is 0 Å². The van der Waals surface area contributed by atoms with Crippen molar-refractivity contribution in [3.8, 4) is 17.1 Å². The molecule has 0 fully saturated rings. The zero-order chi connectivity index (χ0) is 29.6. The number of benzene rings is 1. The summed E-state index contributed by atoms with van der Waals surface area (Å²) in [5.74, 6) is 0.481. The molecule has 0 radical (unpaired) electrons. The van der Waals surface area contributed by atoms with Crippen LogP contribution in [0.1, 0.15) is 62.1 Å². The number of ether oxygens (including phenoxy) is 2. The second-order valence-electron chi connectivity index (χ2n) is 10.4. The molecule has 1 aliphatic rings. The monoisotopic (exact) mass is 570 g/mol. The number of rotatable bonds is 4. The summed E-state index contributed by atoms with van der Waals surface area (Å²) in [7, 11) is 1.50. The molecule has 0 unspecified atom stereocenters. The Morgan fingerprint density at radius 3 is 2.05 bits per heavy atom. The molecule has 2 aromatic heterocycles. The number of methoxy groups -OCH3 is 1. The van der Waals surface area contributed by atoms with Gasteiger partial charge in [-0.15, -0.1) is 0 Å². The van der Waals surface area contributed by atoms with E-state index in [9.17, 15) is 31.1 Å². The number of imidazole rings is 1. The lowest BCUT2D eigenvalue weighted by Crippen LogP contribution is -2.42. The second-order valence-corrected chi connectivity index (χ2v) is 10.4. The minimum Gasteiger partial charge on any atom is -0.497 e. The van der Waals surface area contributed by atoms with Crippen LogP contribution in [0.4, 0.5) is 31.1 Å². The number of pyridine rings is 1. The van der Waals surface area contributed by atoms with Crippen LogP contribution in [0.5, 0.6) is 5.75 Å². The molecule has 4 rings (SSSR count). The fourth-order valence-corrected chi connectivity index (χ4v) is 4.49. The van der Waals surface area contributed by atoms with E-state index in [1.165, 1.54) is 12.0 Å². The van der Waals surface area contributed by atoms with Crippen LogP contribution in [0.3, 0.4) is 0 Å². The SMILES string of the molecule is COc1ccc(Cn2c(-c3cc(C(F)(F)F)nc(C(F)(F)F)c3)nc3c2CCN(C(=O)OC(C)(C)C)[C@H]3C)cc1. The Bertz CT molecular complexity index is 1360. The van der Waals surface area contributed by atoms with E-state index in [0.717, 1.165) is 0 Å². The third-order valence-corrected chi connectivity index (χ3v) is 6.35. The number of fused-ring (bicyclic) bond motifs is 1. The lowest BCUT2D eigenvalue weighted by molar-refractivity contribution is -0.150. The lowest BCUT2D eigenvalue weighted by Gasteiger charge is -2.34. The highest BCUT2D eigenvalue weighted by Gasteiger charge is 2.40. The number of amides is 1. The van der Waals surface area contributed by atoms with Gasteiger partial charge in [-0.05, 0) is 57.5 Å². The van der Waals surface area contributed by atoms with Gasteiger partial charge in [-0.1, -0.05) is 12.1 Å². The molecule has 1 atom stereocenters. The van der Waals surface area contributed by atoms with Crippen molar-refractivity contribution in [1.29, 1.82) is 0 Å². The first-order valence-electron chi connectivity index (χ1n) is 12.4. The summed E-state index contributed by atoms with van der Waals surface area (Å²) >= 11 is 0. The molecule has 0 saturated carbocycles. The molecule has 3 aromatic rings. The summed E-state index contributed by atoms with van der Waals surface area (Å²) in [6, 6.07) is 7.34. The predicted molar refractivity (Wildman–Crippen MR) is 133 cm³/mol. The van der Waals surface area contributed by atoms with E-state index in [2.05, 4.69) is 9.97 Å². The van der Waals surface area contributed by atoms with Gasteiger partial charge in [0.2, 0.25) is 0 Å². The van der Waals surface area contributed by atoms with Crippen LogP contribution in [-0.4, -0.2) is 44.8 Å². The quantitative estimate of drug-likeness (QED) is 0.320. The normalized spacial score (nSPS) is 16.1. The van der Waals surface area contributed by atoms with Gasteiger partial charge in [0.15, 0.2) is 0 Å². The number of alkyl halides is 6. The molecule has 1 aromatic carbocycles. The van der Waals surface area contributed by atoms with Gasteiger partial charge in [-0.25, -0.2) is 14.8 Å². The molecule has 0 saturated heterocycles. The molecule has 1 aliphatic heterocycles. The number of nitrogens with zero attached hydrogens (tertiary/aromatic N) is 4. The van der Waals surface area contributed by atoms with Gasteiger partial charge < -0.3 is 14.0 Å². The highest BCUT2D eigenvalue weighted by atomic mass is 19.4. The predicted octanol–water partition coefficient (Wildman–Crippen LogP) is 6.89. The molecule has 7 nitrogen and oxygen atoms in total. The van der Waals surface area contributed by atoms with E-state index in [1.807, 2.05) is 0 Å². The van der Waals surface area contributed by atoms with E-state index in [4.69, 9.17) is 9.47 Å². The van der Waals surface area contributed by atoms with E-state index >= 15 is 0 Å². The van der Waals surface area contributed by atoms with Gasteiger partial charge in [0.1, 0.15) is 28.6 Å². The Morgan fingerprint density at radius 1 is 0.975 bits per heavy atom. The van der Waals surface area contributed by atoms with E-state index < -0.39 is 47.0 Å². The highest BCUT2D eigenvalue weighted by Crippen LogP contribution is 2.39. The van der Waals surface area contributed by atoms with Crippen molar-refractivity contribution >= 4 is 6.09 Å². The van der Waals surface area contributed by atoms with Crippen LogP contribution < -0.4 is 4.74 Å². The third-order valence-electron chi connectivity index (χ3n) is 6.35. The van der Waals surface area contributed by atoms with Crippen LogP contribution >= 0.6 is 0 Å². The molecule has 3 heterocycles. The van der Waals surface area contributed by atoms with Gasteiger partial charge in [-0.3, -0.25) is 4.90 Å². The minimum absolute atomic E-state index is 0.0999. The summed E-state index contributed by atoms with van der Waals surface area (Å²) < 4.78 is 93.9. The Hall–Kier alpha value is -3.77. The van der Waals surface area contributed by atoms with Crippen LogP contribution in [0.2, 0.25) is 0 Å². The zero-order valence-electron chi connectivity index (χ0n) is 22.4. The van der Waals surface area contributed by atoms with Crippen molar-refractivity contribution in [2.45, 2.75) is 64.7 Å². The van der Waals surface area contributed by atoms with Crippen molar-refractivity contribution in [2.75, 3.05) is 13.7 Å². The van der Waals surface area contributed by atoms with Gasteiger partial charge in [-0.2, -0.15) is 26.3 Å². The van der Waals surface area contributed by atoms with Gasteiger partial charge in [0.05, 0.1) is 18.8 Å². The average Bonchev–Trinajstić information content (AvgIpc) is 3.21. The maximum Gasteiger partial charge on any atom is 0.433 e. The molecule has 216 valence electrons. The number of hydrogen-bond acceptors (Lipinski definition) is 5. The minimum atomic E-state index is -5.12. The fraction of sp³-hybridized carbons (Fsp3) is 0.444. The number of halogens is 6. The molecule has 40 heavy (non-hydrogen) atoms. The molecular weight excluding hydrogens is 542 g/mol. The van der Waals surface area contributed by atoms with Crippen molar-refractivity contribution in [3.05, 3.63) is 64.7 Å². The van der Waals surface area contributed by atoms with E-state index in [-0.39, 0.29) is 25.3 Å². The lowest BCUT2D eigenvalue weighted by atomic mass is 10.0. The van der Waals surface area contributed by atoms with Crippen molar-refractivity contribution in [3.63, 3.8) is 0 Å². The van der Waals surface area contributed by atoms with Crippen LogP contribution in [-0.2, 0) is 30.1 Å². The molecule has 1 amide bonds. The number of hydrogen-bond donors (Lipinski definition) is 0. The Labute approximate surface area is 226 Å². The molecule has 0 aliphatic carbocycles. The molecule has 0 bridgehead atoms. The first-order valence-corrected chi connectivity index (χ1v) is 12.4. The standard InChI is InChI=1S/C27H28F6N4O3/c1-15-22-19(10-11-36(15)24(38)40-25(2,3)4)37(14-16-6-8-18(39-5)9-7-16)23(35-22)17-12-20(26(28,29)30)34-21(13-17)27(31,32)33/h6-9,12-13,15H,10-11,14H2,1-5H3/t15-/m0/s1. The topological polar surface area (TPSA) is 69.5 Å². The summed E-state index contributed by atoms with van der Waals surface area (Å²) in [5, 5.41) is 0. The maximum atomic E-state index is 13.6. The number of carbonyl (C=O) groups excluding carboxylic acids is 1. The average molecular weight is 571 g/mol. The zero-order valence-corrected chi connectivity index (χ0v) is 22.4. The highest BCUT2D eigenvalue weighted by molar-refractivity contribution is 5.69. The van der Waals surface area contributed by atoms with E-state index in [0.29, 0.717) is 34.8 Å². The summed E-state index contributed by atoms with van der Waals surface area (Å²) in [6.45, 7) is 7.15. The van der Waals surface area contributed by atoms with Gasteiger partial charge in [0.25, 0.3) is 0 Å². The van der Waals surface area contributed by atoms with E-state index in [1.54, 1.807) is 56.5 Å². The molecule has 0 spiro atoms. The Morgan fingerprint density at radius 2 is 1.55 bits per heavy atom. The van der Waals surface area contributed by atoms with Crippen molar-refractivity contribution in [2.24, 2.45) is 0 Å². The second kappa shape index (κ2) is 10.3. The summed E-state index contributed by atoms with van der Waals surface area (Å²) in [4.78, 5) is 21.7. The maximum absolute atomic E-state index is 13.6. The van der Waals surface area contributed by atoms with Crippen molar-refractivity contribution in [1.82, 2.24) is 19.4 Å². The summed E-state index contributed by atoms with van der Waals surface area (Å²) in [5.41, 5.74) is -2.86. The van der Waals surface area contributed by atoms with Crippen LogP contribution in [0.25, 0.3) is 11.4 Å². The fourth-order valence-electron chi connectivity index (χ4n) is 4.49. The Kier molecular flexibility index (Phi) is 7.54. The Balaban J connectivity index is 1.88. The smallest absolute Gasteiger partial charge is 0.433 e. The number of aromatic nitrogens is 3. The van der Waals surface area contributed by atoms with Gasteiger partial charge in [0, 0.05) is 30.8 Å². The van der Waals surface area contributed by atoms with Crippen LogP contribution in [0.15, 0.2) is 36.4 Å². The summed E-state index contributed by atoms with van der Waals surface area (Å²) in [6.07, 6.45) is -10.6. The first kappa shape index (κ1) is 29.2. The largest absolute Gasteiger partial charge is 0.497 e. The molecule has 0 N–H and O–H groups in total. The number of carbonyl (C=O) groups is 1. The third kappa shape index (κ3) is 6.18. The molecule has 13 heteroatoms. The molecular formula is C27H28F6N4O3. The first-order chi connectivity index (χ1) is 18.5.